The van der Waals surface area contributed by atoms with Crippen LogP contribution in [0.3, 0.4) is 0 Å². The van der Waals surface area contributed by atoms with Crippen LogP contribution in [-0.2, 0) is 6.42 Å². The molecule has 0 saturated carbocycles. The molecule has 0 radical (unpaired) electrons. The van der Waals surface area contributed by atoms with Gasteiger partial charge in [-0.2, -0.15) is 0 Å². The van der Waals surface area contributed by atoms with Crippen LogP contribution in [0.1, 0.15) is 24.9 Å². The number of thiazole rings is 1. The lowest BCUT2D eigenvalue weighted by atomic mass is 10.1. The Bertz CT molecular complexity index is 1380. The average Bonchev–Trinajstić information content (AvgIpc) is 3.44. The van der Waals surface area contributed by atoms with Crippen molar-refractivity contribution in [3.63, 3.8) is 0 Å². The van der Waals surface area contributed by atoms with E-state index in [1.165, 1.54) is 23.0 Å². The largest absolute Gasteiger partial charge is 0.454 e. The fourth-order valence-corrected chi connectivity index (χ4v) is 4.90. The maximum atomic E-state index is 14.3. The summed E-state index contributed by atoms with van der Waals surface area (Å²) in [5.41, 5.74) is 3.45. The molecule has 1 atom stereocenters. The predicted octanol–water partition coefficient (Wildman–Crippen LogP) is 7.53. The van der Waals surface area contributed by atoms with E-state index in [9.17, 15) is 4.39 Å². The summed E-state index contributed by atoms with van der Waals surface area (Å²) < 4.78 is 22.7. The summed E-state index contributed by atoms with van der Waals surface area (Å²) in [6.07, 6.45) is 1.88. The zero-order valence-electron chi connectivity index (χ0n) is 17.7. The summed E-state index contributed by atoms with van der Waals surface area (Å²) in [5.74, 6) is 0.471. The highest BCUT2D eigenvalue weighted by Crippen LogP contribution is 2.31. The van der Waals surface area contributed by atoms with Crippen LogP contribution in [-0.4, -0.2) is 4.57 Å². The van der Waals surface area contributed by atoms with Gasteiger partial charge in [0, 0.05) is 16.8 Å². The molecule has 3 aromatic carbocycles. The molecule has 0 N–H and O–H groups in total. The molecule has 5 aromatic rings. The van der Waals surface area contributed by atoms with Gasteiger partial charge in [-0.1, -0.05) is 60.7 Å². The molecule has 2 heterocycles. The molecule has 5 heteroatoms. The Kier molecular flexibility index (Phi) is 5.73. The minimum Gasteiger partial charge on any atom is -0.454 e. The lowest BCUT2D eigenvalue weighted by molar-refractivity contribution is 0.493. The van der Waals surface area contributed by atoms with Gasteiger partial charge in [-0.25, -0.2) is 9.38 Å². The summed E-state index contributed by atoms with van der Waals surface area (Å²) in [6, 6.07) is 27.3. The summed E-state index contributed by atoms with van der Waals surface area (Å²) in [5, 5.41) is 3.11. The number of para-hydroxylation sites is 2. The molecule has 160 valence electrons. The van der Waals surface area contributed by atoms with Crippen molar-refractivity contribution in [1.82, 2.24) is 4.57 Å². The normalized spacial score (nSPS) is 13.0. The minimum absolute atomic E-state index is 0.148. The maximum Gasteiger partial charge on any atom is 0.190 e. The molecule has 0 bridgehead atoms. The van der Waals surface area contributed by atoms with Crippen LogP contribution in [0.4, 0.5) is 10.1 Å². The summed E-state index contributed by atoms with van der Waals surface area (Å²) >= 11 is 1.50. The number of hydrogen-bond acceptors (Lipinski definition) is 3. The maximum absolute atomic E-state index is 14.3. The third-order valence-corrected chi connectivity index (χ3v) is 6.46. The van der Waals surface area contributed by atoms with Gasteiger partial charge < -0.3 is 8.98 Å². The van der Waals surface area contributed by atoms with Crippen molar-refractivity contribution in [3.05, 3.63) is 106 Å². The van der Waals surface area contributed by atoms with Crippen LogP contribution >= 0.6 is 11.3 Å². The first-order valence-electron chi connectivity index (χ1n) is 10.7. The monoisotopic (exact) mass is 442 g/mol. The Balaban J connectivity index is 1.59. The second-order valence-corrected chi connectivity index (χ2v) is 8.70. The number of fused-ring (bicyclic) bond motifs is 1. The molecular weight excluding hydrogens is 419 g/mol. The van der Waals surface area contributed by atoms with E-state index in [2.05, 4.69) is 52.2 Å². The molecule has 0 spiro atoms. The van der Waals surface area contributed by atoms with Crippen molar-refractivity contribution in [2.24, 2.45) is 4.99 Å². The highest BCUT2D eigenvalue weighted by Gasteiger charge is 2.18. The van der Waals surface area contributed by atoms with Gasteiger partial charge in [-0.05, 0) is 49.6 Å². The highest BCUT2D eigenvalue weighted by atomic mass is 32.1. The lowest BCUT2D eigenvalue weighted by Gasteiger charge is -2.16. The molecule has 32 heavy (non-hydrogen) atoms. The van der Waals surface area contributed by atoms with Gasteiger partial charge >= 0.3 is 0 Å². The molecule has 3 nitrogen and oxygen atoms in total. The first-order valence-corrected chi connectivity index (χ1v) is 11.6. The quantitative estimate of drug-likeness (QED) is 0.267. The van der Waals surface area contributed by atoms with E-state index in [1.807, 2.05) is 30.3 Å². The van der Waals surface area contributed by atoms with Crippen LogP contribution in [0.5, 0.6) is 0 Å². The van der Waals surface area contributed by atoms with E-state index in [4.69, 9.17) is 4.42 Å². The van der Waals surface area contributed by atoms with Crippen molar-refractivity contribution >= 4 is 28.0 Å². The Morgan fingerprint density at radius 3 is 2.53 bits per heavy atom. The molecule has 0 aliphatic carbocycles. The van der Waals surface area contributed by atoms with Crippen LogP contribution < -0.4 is 4.80 Å². The van der Waals surface area contributed by atoms with Crippen LogP contribution in [0.15, 0.2) is 99.7 Å². The van der Waals surface area contributed by atoms with E-state index in [1.54, 1.807) is 18.2 Å². The van der Waals surface area contributed by atoms with Crippen molar-refractivity contribution in [3.8, 4) is 11.5 Å². The number of furan rings is 1. The van der Waals surface area contributed by atoms with Gasteiger partial charge in [0.2, 0.25) is 0 Å². The van der Waals surface area contributed by atoms with Crippen molar-refractivity contribution < 1.29 is 8.81 Å². The third-order valence-electron chi connectivity index (χ3n) is 5.62. The molecule has 0 unspecified atom stereocenters. The lowest BCUT2D eigenvalue weighted by Crippen LogP contribution is -2.20. The Morgan fingerprint density at radius 2 is 1.72 bits per heavy atom. The molecule has 2 aromatic heterocycles. The van der Waals surface area contributed by atoms with Crippen molar-refractivity contribution in [2.45, 2.75) is 25.8 Å². The first-order chi connectivity index (χ1) is 15.7. The van der Waals surface area contributed by atoms with Gasteiger partial charge in [0.25, 0.3) is 0 Å². The number of aromatic nitrogens is 1. The molecule has 0 amide bonds. The van der Waals surface area contributed by atoms with E-state index in [-0.39, 0.29) is 11.9 Å². The number of benzene rings is 3. The summed E-state index contributed by atoms with van der Waals surface area (Å²) in [4.78, 5) is 5.44. The van der Waals surface area contributed by atoms with Crippen LogP contribution in [0.2, 0.25) is 0 Å². The Labute approximate surface area is 190 Å². The average molecular weight is 443 g/mol. The molecule has 5 rings (SSSR count). The predicted molar refractivity (Wildman–Crippen MR) is 129 cm³/mol. The van der Waals surface area contributed by atoms with Crippen molar-refractivity contribution in [2.75, 3.05) is 0 Å². The molecular formula is C27H23FN2OS. The summed E-state index contributed by atoms with van der Waals surface area (Å²) in [6.45, 7) is 2.18. The fourth-order valence-electron chi connectivity index (χ4n) is 3.91. The van der Waals surface area contributed by atoms with Crippen LogP contribution in [0.25, 0.3) is 22.4 Å². The number of rotatable bonds is 6. The third kappa shape index (κ3) is 4.16. The molecule has 0 fully saturated rings. The summed E-state index contributed by atoms with van der Waals surface area (Å²) in [7, 11) is 0. The van der Waals surface area contributed by atoms with Gasteiger partial charge in [0.05, 0.1) is 5.69 Å². The van der Waals surface area contributed by atoms with E-state index >= 15 is 0 Å². The first kappa shape index (κ1) is 20.5. The second-order valence-electron chi connectivity index (χ2n) is 7.86. The van der Waals surface area contributed by atoms with Crippen LogP contribution in [0, 0.1) is 5.82 Å². The highest BCUT2D eigenvalue weighted by molar-refractivity contribution is 7.07. The molecule has 0 saturated heterocycles. The van der Waals surface area contributed by atoms with E-state index in [0.717, 1.165) is 40.1 Å². The standard InChI is InChI=1S/C27H23FN2OS/c1-19(15-16-20-9-3-2-4-10-20)30-24(26-17-21-11-5-8-14-25(21)31-26)18-32-27(30)29-23-13-7-6-12-22(23)28/h2-14,17-19H,15-16H2,1H3/t19-/m1/s1. The van der Waals surface area contributed by atoms with Gasteiger partial charge in [0.15, 0.2) is 10.6 Å². The topological polar surface area (TPSA) is 30.4 Å². The zero-order valence-corrected chi connectivity index (χ0v) is 18.6. The van der Waals surface area contributed by atoms with Crippen molar-refractivity contribution in [1.29, 1.82) is 0 Å². The van der Waals surface area contributed by atoms with Gasteiger partial charge in [-0.3, -0.25) is 0 Å². The van der Waals surface area contributed by atoms with E-state index in [0.29, 0.717) is 5.69 Å². The minimum atomic E-state index is -0.324. The Morgan fingerprint density at radius 1 is 0.969 bits per heavy atom. The smallest absolute Gasteiger partial charge is 0.190 e. The van der Waals surface area contributed by atoms with E-state index < -0.39 is 0 Å². The van der Waals surface area contributed by atoms with Gasteiger partial charge in [-0.15, -0.1) is 11.3 Å². The number of nitrogens with zero attached hydrogens (tertiary/aromatic N) is 2. The van der Waals surface area contributed by atoms with Gasteiger partial charge in [0.1, 0.15) is 17.1 Å². The fraction of sp³-hybridized carbons (Fsp3) is 0.148. The number of hydrogen-bond donors (Lipinski definition) is 0. The SMILES string of the molecule is C[C@H](CCc1ccccc1)n1c(-c2cc3ccccc3o2)csc1=Nc1ccccc1F. The molecule has 0 aliphatic rings. The number of aryl methyl sites for hydroxylation is 1. The Hall–Kier alpha value is -3.44. The zero-order chi connectivity index (χ0) is 21.9. The second kappa shape index (κ2) is 8.97. The molecule has 0 aliphatic heterocycles. The number of halogens is 1.